The molecule has 31 heavy (non-hydrogen) atoms. The van der Waals surface area contributed by atoms with E-state index in [1.165, 1.54) is 6.07 Å². The Morgan fingerprint density at radius 3 is 2.16 bits per heavy atom. The topological polar surface area (TPSA) is 72.2 Å². The number of aryl methyl sites for hydroxylation is 3. The first-order valence-electron chi connectivity index (χ1n) is 9.64. The van der Waals surface area contributed by atoms with Crippen LogP contribution in [0.25, 0.3) is 0 Å². The van der Waals surface area contributed by atoms with Gasteiger partial charge in [0.1, 0.15) is 11.6 Å². The van der Waals surface area contributed by atoms with Crippen LogP contribution in [0.4, 0.5) is 14.5 Å². The Balaban J connectivity index is 0.000000333. The highest BCUT2D eigenvalue weighted by molar-refractivity contribution is 5.71. The largest absolute Gasteiger partial charge is 0.372 e. The zero-order chi connectivity index (χ0) is 23.4. The summed E-state index contributed by atoms with van der Waals surface area (Å²) in [6.07, 6.45) is 1.55. The quantitative estimate of drug-likeness (QED) is 0.567. The monoisotopic (exact) mass is 426 g/mol. The summed E-state index contributed by atoms with van der Waals surface area (Å²) in [7, 11) is 0. The number of halogens is 2. The van der Waals surface area contributed by atoms with E-state index in [-0.39, 0.29) is 18.0 Å². The third kappa shape index (κ3) is 8.78. The molecule has 4 nitrogen and oxygen atoms in total. The van der Waals surface area contributed by atoms with Crippen molar-refractivity contribution in [2.24, 2.45) is 5.73 Å². The van der Waals surface area contributed by atoms with Crippen molar-refractivity contribution in [3.8, 4) is 0 Å². The minimum atomic E-state index is -0.208. The Morgan fingerprint density at radius 2 is 1.58 bits per heavy atom. The molecule has 2 amide bonds. The van der Waals surface area contributed by atoms with Crippen molar-refractivity contribution in [3.05, 3.63) is 99.6 Å². The van der Waals surface area contributed by atoms with Crippen LogP contribution in [0.1, 0.15) is 33.4 Å². The standard InChI is InChI=1S/C16H16FNO.C8H9F.CH3NO/c1-11-6-15(17)9-14(12(11)2)7-13-4-3-5-16(8-13)18-10-19;1-6-3-4-7(2)8(9)5-6;2-1-3/h3-6,8-10H,7H2,1-2H3,(H,18,19);3-5H,1-2H3;1H,(H2,2,3). The van der Waals surface area contributed by atoms with Crippen molar-refractivity contribution in [2.75, 3.05) is 5.32 Å². The van der Waals surface area contributed by atoms with E-state index in [9.17, 15) is 13.6 Å². The van der Waals surface area contributed by atoms with Crippen LogP contribution in [-0.4, -0.2) is 12.8 Å². The van der Waals surface area contributed by atoms with Gasteiger partial charge >= 0.3 is 0 Å². The Bertz CT molecular complexity index is 1020. The lowest BCUT2D eigenvalue weighted by atomic mass is 9.97. The first-order chi connectivity index (χ1) is 14.7. The second kappa shape index (κ2) is 12.9. The van der Waals surface area contributed by atoms with Gasteiger partial charge in [-0.1, -0.05) is 24.3 Å². The van der Waals surface area contributed by atoms with Gasteiger partial charge < -0.3 is 11.1 Å². The number of hydrogen-bond acceptors (Lipinski definition) is 2. The van der Waals surface area contributed by atoms with Gasteiger partial charge in [0.25, 0.3) is 0 Å². The number of primary amides is 1. The van der Waals surface area contributed by atoms with Crippen molar-refractivity contribution < 1.29 is 18.4 Å². The highest BCUT2D eigenvalue weighted by Crippen LogP contribution is 2.20. The summed E-state index contributed by atoms with van der Waals surface area (Å²) in [6.45, 7) is 7.54. The number of carbonyl (C=O) groups is 2. The Kier molecular flexibility index (Phi) is 10.6. The van der Waals surface area contributed by atoms with Crippen LogP contribution in [0.2, 0.25) is 0 Å². The molecule has 0 saturated heterocycles. The van der Waals surface area contributed by atoms with E-state index in [1.807, 2.05) is 51.1 Å². The summed E-state index contributed by atoms with van der Waals surface area (Å²) in [6, 6.07) is 15.9. The maximum absolute atomic E-state index is 13.5. The molecule has 0 unspecified atom stereocenters. The molecule has 0 fully saturated rings. The van der Waals surface area contributed by atoms with Gasteiger partial charge in [-0.25, -0.2) is 8.78 Å². The van der Waals surface area contributed by atoms with Crippen LogP contribution >= 0.6 is 0 Å². The van der Waals surface area contributed by atoms with E-state index in [0.717, 1.165) is 33.5 Å². The average molecular weight is 427 g/mol. The Labute approximate surface area is 182 Å². The number of nitrogens with two attached hydrogens (primary N) is 1. The molecule has 3 aromatic rings. The van der Waals surface area contributed by atoms with Crippen molar-refractivity contribution in [2.45, 2.75) is 34.1 Å². The molecule has 0 aromatic heterocycles. The van der Waals surface area contributed by atoms with Crippen LogP contribution in [0.15, 0.2) is 54.6 Å². The summed E-state index contributed by atoms with van der Waals surface area (Å²) in [4.78, 5) is 19.0. The molecule has 0 atom stereocenters. The van der Waals surface area contributed by atoms with Crippen LogP contribution in [0, 0.1) is 39.3 Å². The first-order valence-corrected chi connectivity index (χ1v) is 9.64. The van der Waals surface area contributed by atoms with Gasteiger partial charge in [-0.2, -0.15) is 0 Å². The van der Waals surface area contributed by atoms with Gasteiger partial charge in [-0.15, -0.1) is 0 Å². The number of hydrogen-bond donors (Lipinski definition) is 2. The molecule has 3 aromatic carbocycles. The molecular formula is C25H28F2N2O2. The van der Waals surface area contributed by atoms with Gasteiger partial charge in [-0.3, -0.25) is 9.59 Å². The second-order valence-corrected chi connectivity index (χ2v) is 7.03. The average Bonchev–Trinajstić information content (AvgIpc) is 2.70. The SMILES string of the molecule is Cc1cc(F)cc(Cc2cccc(NC=O)c2)c1C.Cc1ccc(C)c(F)c1.NC=O. The molecule has 0 bridgehead atoms. The third-order valence-corrected chi connectivity index (χ3v) is 4.61. The lowest BCUT2D eigenvalue weighted by Gasteiger charge is -2.10. The first kappa shape index (κ1) is 25.5. The number of anilines is 1. The maximum atomic E-state index is 13.5. The van der Waals surface area contributed by atoms with Gasteiger partial charge in [0, 0.05) is 5.69 Å². The fraction of sp³-hybridized carbons (Fsp3) is 0.200. The number of amides is 2. The molecule has 6 heteroatoms. The Hall–Kier alpha value is -3.54. The predicted molar refractivity (Wildman–Crippen MR) is 121 cm³/mol. The van der Waals surface area contributed by atoms with Gasteiger partial charge in [0.2, 0.25) is 12.8 Å². The summed E-state index contributed by atoms with van der Waals surface area (Å²) in [5.41, 5.74) is 10.7. The van der Waals surface area contributed by atoms with Crippen LogP contribution < -0.4 is 11.1 Å². The van der Waals surface area contributed by atoms with E-state index in [4.69, 9.17) is 4.79 Å². The van der Waals surface area contributed by atoms with E-state index in [2.05, 4.69) is 11.1 Å². The molecule has 0 aliphatic heterocycles. The number of carbonyl (C=O) groups excluding carboxylic acids is 2. The molecule has 0 saturated carbocycles. The molecule has 3 N–H and O–H groups in total. The fourth-order valence-corrected chi connectivity index (χ4v) is 2.83. The van der Waals surface area contributed by atoms with E-state index in [1.54, 1.807) is 25.1 Å². The van der Waals surface area contributed by atoms with E-state index < -0.39 is 0 Å². The molecule has 0 heterocycles. The third-order valence-electron chi connectivity index (χ3n) is 4.61. The smallest absolute Gasteiger partial charge is 0.211 e. The second-order valence-electron chi connectivity index (χ2n) is 7.03. The van der Waals surface area contributed by atoms with Crippen molar-refractivity contribution >= 4 is 18.5 Å². The van der Waals surface area contributed by atoms with Gasteiger partial charge in [0.05, 0.1) is 0 Å². The zero-order valence-corrected chi connectivity index (χ0v) is 18.2. The summed E-state index contributed by atoms with van der Waals surface area (Å²) < 4.78 is 26.0. The van der Waals surface area contributed by atoms with Crippen molar-refractivity contribution in [1.29, 1.82) is 0 Å². The number of rotatable bonds is 4. The van der Waals surface area contributed by atoms with Gasteiger partial charge in [-0.05, 0) is 97.8 Å². The minimum absolute atomic E-state index is 0.116. The highest BCUT2D eigenvalue weighted by atomic mass is 19.1. The molecule has 0 radical (unpaired) electrons. The van der Waals surface area contributed by atoms with Crippen LogP contribution in [0.3, 0.4) is 0 Å². The summed E-state index contributed by atoms with van der Waals surface area (Å²) in [5.74, 6) is -0.324. The molecule has 0 aliphatic carbocycles. The molecule has 3 rings (SSSR count). The molecule has 164 valence electrons. The lowest BCUT2D eigenvalue weighted by Crippen LogP contribution is -1.98. The number of nitrogens with one attached hydrogen (secondary N) is 1. The fourth-order valence-electron chi connectivity index (χ4n) is 2.83. The predicted octanol–water partition coefficient (Wildman–Crippen LogP) is 5.15. The maximum Gasteiger partial charge on any atom is 0.211 e. The Morgan fingerprint density at radius 1 is 0.903 bits per heavy atom. The van der Waals surface area contributed by atoms with Gasteiger partial charge in [0.15, 0.2) is 0 Å². The highest BCUT2D eigenvalue weighted by Gasteiger charge is 2.06. The normalized spacial score (nSPS) is 9.48. The van der Waals surface area contributed by atoms with Crippen molar-refractivity contribution in [1.82, 2.24) is 0 Å². The summed E-state index contributed by atoms with van der Waals surface area (Å²) in [5, 5.41) is 2.62. The molecule has 0 spiro atoms. The van der Waals surface area contributed by atoms with E-state index in [0.29, 0.717) is 18.4 Å². The van der Waals surface area contributed by atoms with E-state index >= 15 is 0 Å². The van der Waals surface area contributed by atoms with Crippen LogP contribution in [0.5, 0.6) is 0 Å². The van der Waals surface area contributed by atoms with Crippen LogP contribution in [-0.2, 0) is 16.0 Å². The number of benzene rings is 3. The zero-order valence-electron chi connectivity index (χ0n) is 18.2. The lowest BCUT2D eigenvalue weighted by molar-refractivity contribution is -0.107. The molecule has 0 aliphatic rings. The minimum Gasteiger partial charge on any atom is -0.372 e. The van der Waals surface area contributed by atoms with Crippen molar-refractivity contribution in [3.63, 3.8) is 0 Å². The molecular weight excluding hydrogens is 398 g/mol. The summed E-state index contributed by atoms with van der Waals surface area (Å²) >= 11 is 0.